The SMILES string of the molecule is CC(C)[C@H](O)C(=O)N[C@H]1Cc2ccc3c(c2)[C@@]2(c4cc(F)ccc4N[C@@H]2O3)c2oc(nc2-c2nc(C=O)co2)[C@H](C(C)C)NC1=O. The predicted molar refractivity (Wildman–Crippen MR) is 160 cm³/mol. The summed E-state index contributed by atoms with van der Waals surface area (Å²) in [7, 11) is 0. The first-order valence-electron chi connectivity index (χ1n) is 15.1. The van der Waals surface area contributed by atoms with Crippen LogP contribution in [0.2, 0.25) is 0 Å². The Morgan fingerprint density at radius 3 is 2.65 bits per heavy atom. The van der Waals surface area contributed by atoms with Crippen molar-refractivity contribution in [2.24, 2.45) is 11.8 Å². The Balaban J connectivity index is 1.50. The highest BCUT2D eigenvalue weighted by atomic mass is 19.1. The number of carbonyl (C=O) groups excluding carboxylic acids is 3. The summed E-state index contributed by atoms with van der Waals surface area (Å²) in [6, 6.07) is 7.88. The molecule has 5 heterocycles. The van der Waals surface area contributed by atoms with Gasteiger partial charge in [-0.15, -0.1) is 0 Å². The van der Waals surface area contributed by atoms with E-state index in [0.717, 1.165) is 0 Å². The van der Waals surface area contributed by atoms with E-state index >= 15 is 4.39 Å². The molecule has 0 radical (unpaired) electrons. The van der Waals surface area contributed by atoms with E-state index in [1.54, 1.807) is 32.0 Å². The first kappa shape index (κ1) is 29.7. The lowest BCUT2D eigenvalue weighted by atomic mass is 9.72. The van der Waals surface area contributed by atoms with E-state index in [9.17, 15) is 19.5 Å². The lowest BCUT2D eigenvalue weighted by molar-refractivity contribution is -0.135. The largest absolute Gasteiger partial charge is 0.469 e. The van der Waals surface area contributed by atoms with E-state index in [0.29, 0.717) is 34.4 Å². The van der Waals surface area contributed by atoms with E-state index in [1.165, 1.54) is 18.4 Å². The van der Waals surface area contributed by atoms with Gasteiger partial charge >= 0.3 is 0 Å². The number of aldehydes is 1. The van der Waals surface area contributed by atoms with Gasteiger partial charge in [-0.1, -0.05) is 39.8 Å². The van der Waals surface area contributed by atoms with Gasteiger partial charge in [-0.3, -0.25) is 14.4 Å². The summed E-state index contributed by atoms with van der Waals surface area (Å²) in [6.07, 6.45) is -0.311. The summed E-state index contributed by atoms with van der Waals surface area (Å²) in [4.78, 5) is 47.6. The van der Waals surface area contributed by atoms with Crippen LogP contribution in [-0.4, -0.2) is 51.5 Å². The van der Waals surface area contributed by atoms with Crippen LogP contribution in [0.1, 0.15) is 72.6 Å². The van der Waals surface area contributed by atoms with Crippen LogP contribution in [0.15, 0.2) is 51.5 Å². The molecule has 7 rings (SSSR count). The van der Waals surface area contributed by atoms with Crippen molar-refractivity contribution in [2.45, 2.75) is 63.9 Å². The van der Waals surface area contributed by atoms with Crippen LogP contribution >= 0.6 is 0 Å². The minimum atomic E-state index is -1.32. The number of amides is 2. The van der Waals surface area contributed by atoms with Crippen LogP contribution in [0.4, 0.5) is 10.1 Å². The van der Waals surface area contributed by atoms with Crippen molar-refractivity contribution in [1.29, 1.82) is 0 Å². The number of aromatic nitrogens is 2. The van der Waals surface area contributed by atoms with Gasteiger partial charge in [-0.25, -0.2) is 14.4 Å². The van der Waals surface area contributed by atoms with Gasteiger partial charge in [0, 0.05) is 23.2 Å². The first-order valence-corrected chi connectivity index (χ1v) is 15.1. The first-order chi connectivity index (χ1) is 22.0. The number of halogens is 1. The Morgan fingerprint density at radius 2 is 1.93 bits per heavy atom. The minimum Gasteiger partial charge on any atom is -0.469 e. The summed E-state index contributed by atoms with van der Waals surface area (Å²) in [5.74, 6) is -1.49. The van der Waals surface area contributed by atoms with Crippen LogP contribution in [0, 0.1) is 17.7 Å². The summed E-state index contributed by atoms with van der Waals surface area (Å²) in [6.45, 7) is 7.15. The number of carbonyl (C=O) groups is 3. The standard InChI is InChI=1S/C33H32FN5O7/c1-14(2)24-31-39-25(30-35-18(12-40)13-44-30)27(46-31)33-19-11-17(34)6-7-21(19)37-32(33)45-23-8-5-16(9-20(23)33)10-22(28(42)38-24)36-29(43)26(41)15(3)4/h5-9,11-15,22,24,26,32,37,41H,10H2,1-4H3,(H,36,43)(H,38,42)/t22-,24-,26-,32+,33-/m0/s1. The third-order valence-electron chi connectivity index (χ3n) is 8.85. The summed E-state index contributed by atoms with van der Waals surface area (Å²) >= 11 is 0. The Morgan fingerprint density at radius 1 is 1.13 bits per heavy atom. The Bertz CT molecular complexity index is 1880. The van der Waals surface area contributed by atoms with E-state index in [2.05, 4.69) is 20.9 Å². The predicted octanol–water partition coefficient (Wildman–Crippen LogP) is 3.63. The second-order valence-electron chi connectivity index (χ2n) is 12.6. The second kappa shape index (κ2) is 10.8. The highest BCUT2D eigenvalue weighted by Crippen LogP contribution is 2.59. The van der Waals surface area contributed by atoms with E-state index in [4.69, 9.17) is 18.6 Å². The fourth-order valence-corrected chi connectivity index (χ4v) is 6.47. The van der Waals surface area contributed by atoms with Crippen molar-refractivity contribution in [3.63, 3.8) is 0 Å². The van der Waals surface area contributed by atoms with E-state index < -0.39 is 47.5 Å². The van der Waals surface area contributed by atoms with E-state index in [1.807, 2.05) is 19.9 Å². The van der Waals surface area contributed by atoms with Crippen molar-refractivity contribution < 1.29 is 37.5 Å². The smallest absolute Gasteiger partial charge is 0.249 e. The number of aliphatic hydroxyl groups is 1. The molecule has 46 heavy (non-hydrogen) atoms. The van der Waals surface area contributed by atoms with Gasteiger partial charge in [-0.05, 0) is 41.7 Å². The maximum absolute atomic E-state index is 15.0. The molecule has 3 aliphatic heterocycles. The molecule has 2 aromatic carbocycles. The number of aliphatic hydroxyl groups excluding tert-OH is 1. The maximum Gasteiger partial charge on any atom is 0.249 e. The number of rotatable bonds is 6. The summed E-state index contributed by atoms with van der Waals surface area (Å²) in [5.41, 5.74) is 1.28. The molecule has 0 fully saturated rings. The molecule has 4 N–H and O–H groups in total. The van der Waals surface area contributed by atoms with Gasteiger partial charge in [0.15, 0.2) is 24.0 Å². The van der Waals surface area contributed by atoms with Crippen LogP contribution < -0.4 is 20.7 Å². The number of hydrogen-bond acceptors (Lipinski definition) is 10. The number of benzene rings is 2. The number of anilines is 1. The lowest BCUT2D eigenvalue weighted by Gasteiger charge is -2.29. The van der Waals surface area contributed by atoms with Crippen LogP contribution in [0.25, 0.3) is 11.6 Å². The number of nitrogens with zero attached hydrogens (tertiary/aromatic N) is 2. The Kier molecular flexibility index (Phi) is 6.96. The summed E-state index contributed by atoms with van der Waals surface area (Å²) < 4.78 is 33.8. The topological polar surface area (TPSA) is 169 Å². The van der Waals surface area contributed by atoms with E-state index in [-0.39, 0.29) is 47.2 Å². The van der Waals surface area contributed by atoms with Crippen LogP contribution in [0.3, 0.4) is 0 Å². The minimum absolute atomic E-state index is 0.00815. The fraction of sp³-hybridized carbons (Fsp3) is 0.364. The molecule has 4 bridgehead atoms. The molecule has 238 valence electrons. The van der Waals surface area contributed by atoms with Crippen molar-refractivity contribution in [2.75, 3.05) is 5.32 Å². The zero-order chi connectivity index (χ0) is 32.5. The fourth-order valence-electron chi connectivity index (χ4n) is 6.47. The molecule has 0 unspecified atom stereocenters. The van der Waals surface area contributed by atoms with Gasteiger partial charge in [0.05, 0.1) is 0 Å². The molecule has 4 aromatic rings. The molecule has 0 saturated heterocycles. The van der Waals surface area contributed by atoms with Crippen molar-refractivity contribution in [1.82, 2.24) is 20.6 Å². The van der Waals surface area contributed by atoms with Crippen LogP contribution in [-0.2, 0) is 21.4 Å². The molecule has 3 aliphatic rings. The van der Waals surface area contributed by atoms with Gasteiger partial charge in [0.25, 0.3) is 0 Å². The van der Waals surface area contributed by atoms with Crippen molar-refractivity contribution >= 4 is 23.8 Å². The van der Waals surface area contributed by atoms with Gasteiger partial charge in [-0.2, -0.15) is 0 Å². The zero-order valence-corrected chi connectivity index (χ0v) is 25.5. The maximum atomic E-state index is 15.0. The zero-order valence-electron chi connectivity index (χ0n) is 25.5. The average Bonchev–Trinajstić information content (AvgIpc) is 3.79. The number of ether oxygens (including phenoxy) is 1. The van der Waals surface area contributed by atoms with Gasteiger partial charge in [0.2, 0.25) is 23.6 Å². The molecule has 5 atom stereocenters. The molecular formula is C33H32FN5O7. The third-order valence-corrected chi connectivity index (χ3v) is 8.85. The summed E-state index contributed by atoms with van der Waals surface area (Å²) in [5, 5.41) is 19.5. The lowest BCUT2D eigenvalue weighted by Crippen LogP contribution is -2.52. The Hall–Kier alpha value is -5.04. The monoisotopic (exact) mass is 629 g/mol. The molecule has 13 heteroatoms. The second-order valence-corrected chi connectivity index (χ2v) is 12.6. The van der Waals surface area contributed by atoms with Gasteiger partial charge < -0.3 is 34.6 Å². The number of hydrogen-bond donors (Lipinski definition) is 4. The molecule has 0 aliphatic carbocycles. The quantitative estimate of drug-likeness (QED) is 0.231. The van der Waals surface area contributed by atoms with Crippen molar-refractivity contribution in [3.8, 4) is 17.3 Å². The number of oxazole rings is 2. The van der Waals surface area contributed by atoms with Crippen molar-refractivity contribution in [3.05, 3.63) is 82.5 Å². The molecule has 2 aromatic heterocycles. The normalized spacial score (nSPS) is 23.4. The molecule has 2 amide bonds. The highest BCUT2D eigenvalue weighted by molar-refractivity contribution is 5.90. The van der Waals surface area contributed by atoms with Gasteiger partial charge in [0.1, 0.15) is 47.1 Å². The Labute approximate surface area is 262 Å². The molecule has 1 spiro atoms. The number of fused-ring (bicyclic) bond motifs is 4. The highest BCUT2D eigenvalue weighted by Gasteiger charge is 2.61. The molecule has 0 saturated carbocycles. The average molecular weight is 630 g/mol. The third kappa shape index (κ3) is 4.48. The molecular weight excluding hydrogens is 597 g/mol. The molecule has 12 nitrogen and oxygen atoms in total. The van der Waals surface area contributed by atoms with Crippen LogP contribution in [0.5, 0.6) is 5.75 Å². The number of nitrogens with one attached hydrogen (secondary N) is 3.